The predicted molar refractivity (Wildman–Crippen MR) is 126 cm³/mol. The number of amides is 3. The quantitative estimate of drug-likeness (QED) is 0.539. The minimum atomic E-state index is -0.926. The van der Waals surface area contributed by atoms with Crippen LogP contribution in [0.1, 0.15) is 31.9 Å². The third-order valence-corrected chi connectivity index (χ3v) is 4.77. The zero-order chi connectivity index (χ0) is 24.4. The fourth-order valence-corrected chi connectivity index (χ4v) is 3.16. The number of methoxy groups -OCH3 is 1. The van der Waals surface area contributed by atoms with Crippen LogP contribution < -0.4 is 20.7 Å². The van der Waals surface area contributed by atoms with Crippen molar-refractivity contribution < 1.29 is 23.9 Å². The molecule has 2 aromatic rings. The maximum Gasteiger partial charge on any atom is 0.408 e. The van der Waals surface area contributed by atoms with E-state index in [-0.39, 0.29) is 18.7 Å². The van der Waals surface area contributed by atoms with Crippen LogP contribution in [0.2, 0.25) is 0 Å². The number of rotatable bonds is 9. The molecule has 0 radical (unpaired) electrons. The summed E-state index contributed by atoms with van der Waals surface area (Å²) in [5.41, 5.74) is 1.00. The second kappa shape index (κ2) is 11.9. The summed E-state index contributed by atoms with van der Waals surface area (Å²) in [6.07, 6.45) is -0.181. The molecule has 0 unspecified atom stereocenters. The van der Waals surface area contributed by atoms with Crippen molar-refractivity contribution in [3.63, 3.8) is 0 Å². The molecule has 0 aromatic heterocycles. The fourth-order valence-electron chi connectivity index (χ4n) is 3.16. The number of nitrogens with one attached hydrogen (secondary N) is 3. The molecule has 0 aliphatic heterocycles. The maximum absolute atomic E-state index is 13.2. The molecule has 33 heavy (non-hydrogen) atoms. The van der Waals surface area contributed by atoms with Crippen molar-refractivity contribution in [1.29, 1.82) is 0 Å². The van der Waals surface area contributed by atoms with E-state index in [2.05, 4.69) is 16.0 Å². The number of hydrogen-bond acceptors (Lipinski definition) is 5. The number of carbonyl (C=O) groups excluding carboxylic acids is 3. The highest BCUT2D eigenvalue weighted by Crippen LogP contribution is 2.13. The highest BCUT2D eigenvalue weighted by atomic mass is 16.6. The van der Waals surface area contributed by atoms with E-state index in [4.69, 9.17) is 9.47 Å². The van der Waals surface area contributed by atoms with Crippen molar-refractivity contribution in [2.45, 2.75) is 51.3 Å². The Kier molecular flexibility index (Phi) is 9.27. The molecule has 3 N–H and O–H groups in total. The topological polar surface area (TPSA) is 106 Å². The lowest BCUT2D eigenvalue weighted by Crippen LogP contribution is -2.55. The molecule has 0 heterocycles. The Bertz CT molecular complexity index is 923. The zero-order valence-corrected chi connectivity index (χ0v) is 19.8. The number of benzene rings is 2. The Morgan fingerprint density at radius 3 is 1.88 bits per heavy atom. The average Bonchev–Trinajstić information content (AvgIpc) is 2.77. The van der Waals surface area contributed by atoms with Crippen LogP contribution in [0.15, 0.2) is 54.6 Å². The molecular weight excluding hydrogens is 422 g/mol. The second-order valence-electron chi connectivity index (χ2n) is 8.62. The molecule has 0 aliphatic carbocycles. The van der Waals surface area contributed by atoms with E-state index in [0.29, 0.717) is 5.75 Å². The molecule has 8 nitrogen and oxygen atoms in total. The van der Waals surface area contributed by atoms with Crippen molar-refractivity contribution >= 4 is 17.9 Å². The molecule has 2 atom stereocenters. The molecule has 178 valence electrons. The summed E-state index contributed by atoms with van der Waals surface area (Å²) in [5.74, 6) is -0.120. The van der Waals surface area contributed by atoms with E-state index in [1.807, 2.05) is 42.5 Å². The first-order valence-corrected chi connectivity index (χ1v) is 10.8. The van der Waals surface area contributed by atoms with Crippen LogP contribution in [0, 0.1) is 0 Å². The first-order valence-electron chi connectivity index (χ1n) is 10.8. The van der Waals surface area contributed by atoms with Crippen molar-refractivity contribution in [3.8, 4) is 5.75 Å². The van der Waals surface area contributed by atoms with E-state index >= 15 is 0 Å². The van der Waals surface area contributed by atoms with Crippen molar-refractivity contribution in [2.24, 2.45) is 0 Å². The smallest absolute Gasteiger partial charge is 0.408 e. The van der Waals surface area contributed by atoms with Gasteiger partial charge in [0.25, 0.3) is 0 Å². The van der Waals surface area contributed by atoms with Gasteiger partial charge >= 0.3 is 6.09 Å². The Morgan fingerprint density at radius 2 is 1.36 bits per heavy atom. The molecule has 0 spiro atoms. The number of ether oxygens (including phenoxy) is 2. The molecule has 0 saturated carbocycles. The van der Waals surface area contributed by atoms with Gasteiger partial charge in [-0.1, -0.05) is 42.5 Å². The van der Waals surface area contributed by atoms with Gasteiger partial charge in [0.2, 0.25) is 11.8 Å². The van der Waals surface area contributed by atoms with E-state index < -0.39 is 29.7 Å². The van der Waals surface area contributed by atoms with Gasteiger partial charge in [0.05, 0.1) is 7.11 Å². The summed E-state index contributed by atoms with van der Waals surface area (Å²) in [4.78, 5) is 38.1. The summed E-state index contributed by atoms with van der Waals surface area (Å²) in [7, 11) is 3.09. The van der Waals surface area contributed by atoms with Crippen LogP contribution in [-0.2, 0) is 27.2 Å². The lowest BCUT2D eigenvalue weighted by Gasteiger charge is -2.25. The lowest BCUT2D eigenvalue weighted by atomic mass is 10.0. The normalized spacial score (nSPS) is 12.8. The van der Waals surface area contributed by atoms with E-state index in [1.54, 1.807) is 40.0 Å². The third-order valence-electron chi connectivity index (χ3n) is 4.77. The lowest BCUT2D eigenvalue weighted by molar-refractivity contribution is -0.129. The van der Waals surface area contributed by atoms with Crippen LogP contribution in [0.4, 0.5) is 4.79 Å². The standard InChI is InChI=1S/C25H33N3O5/c1-25(2,3)33-24(31)28-21(15-17-9-7-6-8-10-17)23(30)27-20(22(29)26-4)16-18-11-13-19(32-5)14-12-18/h6-14,20-21H,15-16H2,1-5H3,(H,26,29)(H,27,30)(H,28,31)/t20-,21-/m0/s1. The van der Waals surface area contributed by atoms with Gasteiger partial charge in [-0.05, 0) is 44.0 Å². The van der Waals surface area contributed by atoms with Crippen LogP contribution >= 0.6 is 0 Å². The van der Waals surface area contributed by atoms with E-state index in [1.165, 1.54) is 7.05 Å². The second-order valence-corrected chi connectivity index (χ2v) is 8.62. The Hall–Kier alpha value is -3.55. The highest BCUT2D eigenvalue weighted by molar-refractivity contribution is 5.91. The van der Waals surface area contributed by atoms with Gasteiger partial charge in [-0.25, -0.2) is 4.79 Å². The zero-order valence-electron chi connectivity index (χ0n) is 19.8. The number of carbonyl (C=O) groups is 3. The Morgan fingerprint density at radius 1 is 0.818 bits per heavy atom. The first kappa shape index (κ1) is 25.7. The molecule has 8 heteroatoms. The van der Waals surface area contributed by atoms with E-state index in [0.717, 1.165) is 11.1 Å². The van der Waals surface area contributed by atoms with Crippen molar-refractivity contribution in [2.75, 3.05) is 14.2 Å². The molecule has 0 saturated heterocycles. The van der Waals surface area contributed by atoms with Gasteiger partial charge in [0.1, 0.15) is 23.4 Å². The van der Waals surface area contributed by atoms with Crippen LogP contribution in [0.25, 0.3) is 0 Å². The first-order chi connectivity index (χ1) is 15.6. The third kappa shape index (κ3) is 8.84. The minimum Gasteiger partial charge on any atom is -0.497 e. The monoisotopic (exact) mass is 455 g/mol. The van der Waals surface area contributed by atoms with Crippen LogP contribution in [-0.4, -0.2) is 49.7 Å². The molecule has 0 bridgehead atoms. The number of hydrogen-bond donors (Lipinski definition) is 3. The van der Waals surface area contributed by atoms with Crippen molar-refractivity contribution in [3.05, 3.63) is 65.7 Å². The van der Waals surface area contributed by atoms with Crippen molar-refractivity contribution in [1.82, 2.24) is 16.0 Å². The molecular formula is C25H33N3O5. The molecule has 3 amide bonds. The number of likely N-dealkylation sites (N-methyl/N-ethyl adjacent to an activating group) is 1. The van der Waals surface area contributed by atoms with Crippen LogP contribution in [0.5, 0.6) is 5.75 Å². The van der Waals surface area contributed by atoms with Crippen LogP contribution in [0.3, 0.4) is 0 Å². The van der Waals surface area contributed by atoms with Gasteiger partial charge in [0.15, 0.2) is 0 Å². The fraction of sp³-hybridized carbons (Fsp3) is 0.400. The largest absolute Gasteiger partial charge is 0.497 e. The predicted octanol–water partition coefficient (Wildman–Crippen LogP) is 2.60. The van der Waals surface area contributed by atoms with Gasteiger partial charge in [-0.3, -0.25) is 9.59 Å². The average molecular weight is 456 g/mol. The minimum absolute atomic E-state index is 0.245. The maximum atomic E-state index is 13.2. The Balaban J connectivity index is 2.18. The molecule has 2 aromatic carbocycles. The van der Waals surface area contributed by atoms with Gasteiger partial charge in [-0.2, -0.15) is 0 Å². The van der Waals surface area contributed by atoms with E-state index in [9.17, 15) is 14.4 Å². The van der Waals surface area contributed by atoms with Gasteiger partial charge in [-0.15, -0.1) is 0 Å². The summed E-state index contributed by atoms with van der Waals surface area (Å²) < 4.78 is 10.5. The van der Waals surface area contributed by atoms with Gasteiger partial charge in [0, 0.05) is 19.9 Å². The summed E-state index contributed by atoms with van der Waals surface area (Å²) >= 11 is 0. The summed E-state index contributed by atoms with van der Waals surface area (Å²) in [5, 5.41) is 8.01. The van der Waals surface area contributed by atoms with Gasteiger partial charge < -0.3 is 25.4 Å². The molecule has 2 rings (SSSR count). The Labute approximate surface area is 195 Å². The summed E-state index contributed by atoms with van der Waals surface area (Å²) in [6, 6.07) is 14.8. The number of alkyl carbamates (subject to hydrolysis) is 1. The summed E-state index contributed by atoms with van der Waals surface area (Å²) in [6.45, 7) is 5.24. The highest BCUT2D eigenvalue weighted by Gasteiger charge is 2.28. The molecule has 0 aliphatic rings. The molecule has 0 fully saturated rings. The SMILES string of the molecule is CNC(=O)[C@H](Cc1ccc(OC)cc1)NC(=O)[C@H](Cc1ccccc1)NC(=O)OC(C)(C)C.